The van der Waals surface area contributed by atoms with Crippen LogP contribution in [0.15, 0.2) is 42.7 Å². The number of rotatable bonds is 2. The molecule has 0 bridgehead atoms. The van der Waals surface area contributed by atoms with Gasteiger partial charge < -0.3 is 24.7 Å². The van der Waals surface area contributed by atoms with Crippen molar-refractivity contribution in [1.82, 2.24) is 14.9 Å². The maximum atomic E-state index is 12.6. The first-order chi connectivity index (χ1) is 13.3. The Hall–Kier alpha value is -3.22. The molecular weight excluding hydrogens is 344 g/mol. The molecule has 2 aliphatic rings. The van der Waals surface area contributed by atoms with Crippen LogP contribution in [0.3, 0.4) is 0 Å². The van der Waals surface area contributed by atoms with E-state index in [0.29, 0.717) is 23.1 Å². The number of urea groups is 1. The quantitative estimate of drug-likeness (QED) is 0.727. The minimum absolute atomic E-state index is 0.0793. The van der Waals surface area contributed by atoms with Crippen LogP contribution in [-0.2, 0) is 0 Å². The van der Waals surface area contributed by atoms with Gasteiger partial charge in [0.25, 0.3) is 0 Å². The van der Waals surface area contributed by atoms with Gasteiger partial charge in [-0.1, -0.05) is 0 Å². The smallest absolute Gasteiger partial charge is 0.321 e. The van der Waals surface area contributed by atoms with E-state index in [9.17, 15) is 4.79 Å². The largest absolute Gasteiger partial charge is 0.454 e. The zero-order valence-corrected chi connectivity index (χ0v) is 14.8. The van der Waals surface area contributed by atoms with Gasteiger partial charge in [-0.05, 0) is 48.6 Å². The number of nitrogens with zero attached hydrogens (tertiary/aromatic N) is 2. The Kier molecular flexibility index (Phi) is 3.85. The molecular formula is C20H20N4O3. The number of benzene rings is 1. The summed E-state index contributed by atoms with van der Waals surface area (Å²) in [6.07, 6.45) is 5.74. The lowest BCUT2D eigenvalue weighted by molar-refractivity contribution is 0.174. The number of H-pyrrole nitrogens is 1. The average Bonchev–Trinajstić information content (AvgIpc) is 3.34. The van der Waals surface area contributed by atoms with Gasteiger partial charge in [0.2, 0.25) is 6.79 Å². The van der Waals surface area contributed by atoms with Gasteiger partial charge in [-0.25, -0.2) is 4.79 Å². The molecule has 4 heterocycles. The summed E-state index contributed by atoms with van der Waals surface area (Å²) in [5.74, 6) is 1.79. The van der Waals surface area contributed by atoms with E-state index in [1.54, 1.807) is 6.07 Å². The fourth-order valence-corrected chi connectivity index (χ4v) is 3.86. The van der Waals surface area contributed by atoms with Crippen LogP contribution in [0.5, 0.6) is 11.5 Å². The fraction of sp³-hybridized carbons (Fsp3) is 0.300. The highest BCUT2D eigenvalue weighted by Gasteiger charge is 2.26. The van der Waals surface area contributed by atoms with Crippen LogP contribution >= 0.6 is 0 Å². The molecule has 0 aliphatic carbocycles. The van der Waals surface area contributed by atoms with Gasteiger partial charge in [-0.2, -0.15) is 0 Å². The fourth-order valence-electron chi connectivity index (χ4n) is 3.86. The molecule has 2 aromatic heterocycles. The number of likely N-dealkylation sites (tertiary alicyclic amines) is 1. The molecule has 1 saturated heterocycles. The van der Waals surface area contributed by atoms with Crippen molar-refractivity contribution in [1.29, 1.82) is 0 Å². The number of carbonyl (C=O) groups excluding carboxylic acids is 1. The van der Waals surface area contributed by atoms with E-state index in [1.807, 2.05) is 35.4 Å². The number of aromatic nitrogens is 2. The second-order valence-corrected chi connectivity index (χ2v) is 6.90. The summed E-state index contributed by atoms with van der Waals surface area (Å²) in [6, 6.07) is 9.34. The molecule has 2 amide bonds. The van der Waals surface area contributed by atoms with Gasteiger partial charge in [0.15, 0.2) is 11.5 Å². The Morgan fingerprint density at radius 2 is 2.04 bits per heavy atom. The molecule has 7 nitrogen and oxygen atoms in total. The number of piperidine rings is 1. The molecule has 1 fully saturated rings. The van der Waals surface area contributed by atoms with Crippen LogP contribution in [0.2, 0.25) is 0 Å². The summed E-state index contributed by atoms with van der Waals surface area (Å²) in [4.78, 5) is 22.3. The van der Waals surface area contributed by atoms with E-state index in [0.717, 1.165) is 37.0 Å². The van der Waals surface area contributed by atoms with E-state index < -0.39 is 0 Å². The van der Waals surface area contributed by atoms with Crippen molar-refractivity contribution in [2.24, 2.45) is 0 Å². The highest BCUT2D eigenvalue weighted by atomic mass is 16.7. The molecule has 3 aromatic rings. The van der Waals surface area contributed by atoms with Crippen molar-refractivity contribution in [3.8, 4) is 11.5 Å². The van der Waals surface area contributed by atoms with Crippen LogP contribution in [0.4, 0.5) is 10.5 Å². The van der Waals surface area contributed by atoms with Crippen LogP contribution in [0.1, 0.15) is 24.3 Å². The van der Waals surface area contributed by atoms with E-state index in [4.69, 9.17) is 9.47 Å². The first-order valence-corrected chi connectivity index (χ1v) is 9.15. The minimum Gasteiger partial charge on any atom is -0.454 e. The first kappa shape index (κ1) is 16.0. The Bertz CT molecular complexity index is 992. The van der Waals surface area contributed by atoms with Gasteiger partial charge in [-0.3, -0.25) is 4.98 Å². The third-order valence-corrected chi connectivity index (χ3v) is 5.31. The average molecular weight is 364 g/mol. The second kappa shape index (κ2) is 6.50. The van der Waals surface area contributed by atoms with E-state index in [1.165, 1.54) is 5.56 Å². The summed E-state index contributed by atoms with van der Waals surface area (Å²) < 4.78 is 10.7. The van der Waals surface area contributed by atoms with Crippen LogP contribution in [0.25, 0.3) is 11.0 Å². The summed E-state index contributed by atoms with van der Waals surface area (Å²) >= 11 is 0. The van der Waals surface area contributed by atoms with Crippen LogP contribution < -0.4 is 14.8 Å². The maximum absolute atomic E-state index is 12.6. The van der Waals surface area contributed by atoms with Crippen molar-refractivity contribution in [2.75, 3.05) is 25.2 Å². The van der Waals surface area contributed by atoms with Crippen molar-refractivity contribution < 1.29 is 14.3 Å². The monoisotopic (exact) mass is 364 g/mol. The Labute approximate surface area is 156 Å². The zero-order chi connectivity index (χ0) is 18.2. The van der Waals surface area contributed by atoms with Crippen molar-refractivity contribution in [3.05, 3.63) is 48.3 Å². The third kappa shape index (κ3) is 2.95. The minimum atomic E-state index is -0.0793. The Balaban J connectivity index is 1.23. The maximum Gasteiger partial charge on any atom is 0.321 e. The van der Waals surface area contributed by atoms with Gasteiger partial charge in [0.1, 0.15) is 0 Å². The molecule has 27 heavy (non-hydrogen) atoms. The number of ether oxygens (including phenoxy) is 2. The summed E-state index contributed by atoms with van der Waals surface area (Å²) in [7, 11) is 0. The van der Waals surface area contributed by atoms with Crippen molar-refractivity contribution in [2.45, 2.75) is 18.8 Å². The number of hydrogen-bond acceptors (Lipinski definition) is 4. The topological polar surface area (TPSA) is 79.5 Å². The molecule has 5 rings (SSSR count). The van der Waals surface area contributed by atoms with Gasteiger partial charge in [0.05, 0.1) is 11.0 Å². The van der Waals surface area contributed by atoms with E-state index in [2.05, 4.69) is 21.5 Å². The number of fused-ring (bicyclic) bond motifs is 2. The molecule has 138 valence electrons. The molecule has 2 aliphatic heterocycles. The van der Waals surface area contributed by atoms with Crippen LogP contribution in [0, 0.1) is 0 Å². The summed E-state index contributed by atoms with van der Waals surface area (Å²) in [5.41, 5.74) is 4.07. The molecule has 7 heteroatoms. The number of pyridine rings is 1. The SMILES string of the molecule is O=C(Nc1ccc2c(c1)OCO2)N1CCC(c2c[nH]c3cccnc23)CC1. The summed E-state index contributed by atoms with van der Waals surface area (Å²) in [5, 5.41) is 2.95. The highest BCUT2D eigenvalue weighted by molar-refractivity contribution is 5.90. The Morgan fingerprint density at radius 1 is 1.19 bits per heavy atom. The number of nitrogens with one attached hydrogen (secondary N) is 2. The lowest BCUT2D eigenvalue weighted by Crippen LogP contribution is -2.40. The van der Waals surface area contributed by atoms with Crippen LogP contribution in [-0.4, -0.2) is 40.8 Å². The van der Waals surface area contributed by atoms with E-state index >= 15 is 0 Å². The standard InChI is InChI=1S/C20H20N4O3/c25-20(23-14-3-4-17-18(10-14)27-12-26-17)24-8-5-13(6-9-24)15-11-22-16-2-1-7-21-19(15)16/h1-4,7,10-11,13,22H,5-6,8-9,12H2,(H,23,25). The summed E-state index contributed by atoms with van der Waals surface area (Å²) in [6.45, 7) is 1.67. The van der Waals surface area contributed by atoms with Gasteiger partial charge in [0, 0.05) is 37.2 Å². The lowest BCUT2D eigenvalue weighted by atomic mass is 9.90. The Morgan fingerprint density at radius 3 is 2.93 bits per heavy atom. The second-order valence-electron chi connectivity index (χ2n) is 6.90. The molecule has 0 atom stereocenters. The van der Waals surface area contributed by atoms with Gasteiger partial charge in [-0.15, -0.1) is 0 Å². The number of hydrogen-bond donors (Lipinski definition) is 2. The van der Waals surface area contributed by atoms with Crippen molar-refractivity contribution >= 4 is 22.8 Å². The number of amides is 2. The molecule has 0 radical (unpaired) electrons. The normalized spacial score (nSPS) is 16.7. The molecule has 0 saturated carbocycles. The molecule has 0 unspecified atom stereocenters. The highest BCUT2D eigenvalue weighted by Crippen LogP contribution is 2.35. The van der Waals surface area contributed by atoms with Gasteiger partial charge >= 0.3 is 6.03 Å². The molecule has 0 spiro atoms. The predicted molar refractivity (Wildman–Crippen MR) is 101 cm³/mol. The predicted octanol–water partition coefficient (Wildman–Crippen LogP) is 3.70. The number of aromatic amines is 1. The lowest BCUT2D eigenvalue weighted by Gasteiger charge is -2.31. The molecule has 2 N–H and O–H groups in total. The number of anilines is 1. The third-order valence-electron chi connectivity index (χ3n) is 5.31. The van der Waals surface area contributed by atoms with E-state index in [-0.39, 0.29) is 12.8 Å². The molecule has 1 aromatic carbocycles. The van der Waals surface area contributed by atoms with Crippen molar-refractivity contribution in [3.63, 3.8) is 0 Å². The first-order valence-electron chi connectivity index (χ1n) is 9.15. The zero-order valence-electron chi connectivity index (χ0n) is 14.8. The number of carbonyl (C=O) groups is 1.